The molecule has 0 spiro atoms. The molecule has 0 amide bonds. The van der Waals surface area contributed by atoms with Crippen molar-refractivity contribution in [1.29, 1.82) is 0 Å². The van der Waals surface area contributed by atoms with Gasteiger partial charge in [0.1, 0.15) is 0 Å². The van der Waals surface area contributed by atoms with Gasteiger partial charge < -0.3 is 10.2 Å². The fraction of sp³-hybridized carbons (Fsp3) is 0.619. The van der Waals surface area contributed by atoms with Gasteiger partial charge in [0.05, 0.1) is 0 Å². The van der Waals surface area contributed by atoms with Crippen LogP contribution in [0.1, 0.15) is 38.2 Å². The van der Waals surface area contributed by atoms with Crippen molar-refractivity contribution in [2.24, 2.45) is 5.92 Å². The molecule has 2 N–H and O–H groups in total. The summed E-state index contributed by atoms with van der Waals surface area (Å²) in [7, 11) is 0. The second-order valence-corrected chi connectivity index (χ2v) is 8.01. The smallest absolute Gasteiger partial charge is 0.0186 e. The zero-order chi connectivity index (χ0) is 17.5. The van der Waals surface area contributed by atoms with Crippen LogP contribution in [0.4, 0.5) is 0 Å². The van der Waals surface area contributed by atoms with Crippen molar-refractivity contribution in [3.05, 3.63) is 41.5 Å². The van der Waals surface area contributed by atoms with E-state index < -0.39 is 0 Å². The molecular weight excluding hydrogens is 326 g/mol. The number of rotatable bonds is 9. The molecule has 25 heavy (non-hydrogen) atoms. The standard InChI is InChI=1S/C21H33N3S/c1-3-18(15-17-7-5-4-6-8-17)20-16-21(20)23-19-9-12-24(13-10-19)14-11-22-25-2/h4-8,15,19-23H,3,9-14,16H2,1-2H3/b18-15+/t20-,21+/m0/s1. The quantitative estimate of drug-likeness (QED) is 0.518. The third-order valence-corrected chi connectivity index (χ3v) is 6.03. The monoisotopic (exact) mass is 359 g/mol. The molecule has 0 aromatic heterocycles. The van der Waals surface area contributed by atoms with Gasteiger partial charge in [-0.2, -0.15) is 0 Å². The number of nitrogens with zero attached hydrogens (tertiary/aromatic N) is 1. The number of nitrogens with one attached hydrogen (secondary N) is 2. The summed E-state index contributed by atoms with van der Waals surface area (Å²) >= 11 is 1.72. The Morgan fingerprint density at radius 2 is 2.00 bits per heavy atom. The van der Waals surface area contributed by atoms with Crippen molar-refractivity contribution in [2.45, 2.75) is 44.7 Å². The topological polar surface area (TPSA) is 27.3 Å². The summed E-state index contributed by atoms with van der Waals surface area (Å²) in [6.07, 6.45) is 9.59. The Balaban J connectivity index is 1.41. The summed E-state index contributed by atoms with van der Waals surface area (Å²) in [5.41, 5.74) is 2.96. The van der Waals surface area contributed by atoms with Gasteiger partial charge in [0.25, 0.3) is 0 Å². The Morgan fingerprint density at radius 3 is 2.68 bits per heavy atom. The average molecular weight is 360 g/mol. The Labute approximate surface area is 157 Å². The molecule has 1 aromatic rings. The lowest BCUT2D eigenvalue weighted by Gasteiger charge is -2.32. The Morgan fingerprint density at radius 1 is 1.24 bits per heavy atom. The van der Waals surface area contributed by atoms with Crippen LogP contribution >= 0.6 is 11.9 Å². The molecule has 3 rings (SSSR count). The van der Waals surface area contributed by atoms with Crippen LogP contribution in [-0.4, -0.2) is 49.4 Å². The lowest BCUT2D eigenvalue weighted by Crippen LogP contribution is -2.45. The first-order valence-electron chi connectivity index (χ1n) is 9.80. The molecule has 1 aromatic carbocycles. The minimum absolute atomic E-state index is 0.713. The molecule has 2 atom stereocenters. The van der Waals surface area contributed by atoms with Crippen LogP contribution in [0.2, 0.25) is 0 Å². The molecule has 0 bridgehead atoms. The first kappa shape index (κ1) is 19.0. The molecule has 4 heteroatoms. The molecular formula is C21H33N3S. The Kier molecular flexibility index (Phi) is 7.41. The lowest BCUT2D eigenvalue weighted by molar-refractivity contribution is 0.200. The largest absolute Gasteiger partial charge is 0.311 e. The maximum absolute atomic E-state index is 3.94. The van der Waals surface area contributed by atoms with Crippen LogP contribution in [0.15, 0.2) is 35.9 Å². The van der Waals surface area contributed by atoms with E-state index in [0.29, 0.717) is 6.04 Å². The highest BCUT2D eigenvalue weighted by atomic mass is 32.2. The van der Waals surface area contributed by atoms with Gasteiger partial charge in [0, 0.05) is 25.2 Å². The number of piperidine rings is 1. The van der Waals surface area contributed by atoms with E-state index in [1.54, 1.807) is 17.5 Å². The van der Waals surface area contributed by atoms with Gasteiger partial charge in [0.2, 0.25) is 0 Å². The number of likely N-dealkylation sites (tertiary alicyclic amines) is 1. The van der Waals surface area contributed by atoms with Crippen molar-refractivity contribution in [3.8, 4) is 0 Å². The molecule has 2 aliphatic rings. The van der Waals surface area contributed by atoms with E-state index in [-0.39, 0.29) is 0 Å². The molecule has 138 valence electrons. The van der Waals surface area contributed by atoms with Crippen LogP contribution in [0.3, 0.4) is 0 Å². The van der Waals surface area contributed by atoms with Crippen molar-refractivity contribution >= 4 is 18.0 Å². The number of benzene rings is 1. The first-order valence-corrected chi connectivity index (χ1v) is 11.0. The number of hydrogen-bond donors (Lipinski definition) is 2. The fourth-order valence-corrected chi connectivity index (χ4v) is 4.25. The molecule has 1 saturated heterocycles. The second kappa shape index (κ2) is 9.77. The molecule has 1 aliphatic carbocycles. The van der Waals surface area contributed by atoms with E-state index in [0.717, 1.165) is 18.5 Å². The van der Waals surface area contributed by atoms with Gasteiger partial charge in [-0.1, -0.05) is 60.9 Å². The Bertz CT molecular complexity index is 537. The van der Waals surface area contributed by atoms with Crippen molar-refractivity contribution in [3.63, 3.8) is 0 Å². The highest BCUT2D eigenvalue weighted by molar-refractivity contribution is 7.96. The van der Waals surface area contributed by atoms with Gasteiger partial charge >= 0.3 is 0 Å². The summed E-state index contributed by atoms with van der Waals surface area (Å²) in [6.45, 7) is 7.05. The summed E-state index contributed by atoms with van der Waals surface area (Å²) in [5, 5.41) is 3.94. The minimum atomic E-state index is 0.713. The highest BCUT2D eigenvalue weighted by Crippen LogP contribution is 2.40. The van der Waals surface area contributed by atoms with Gasteiger partial charge in [-0.05, 0) is 56.5 Å². The van der Waals surface area contributed by atoms with E-state index in [1.165, 1.54) is 50.9 Å². The third-order valence-electron chi connectivity index (χ3n) is 5.54. The van der Waals surface area contributed by atoms with Crippen LogP contribution in [0, 0.1) is 5.92 Å². The molecule has 1 heterocycles. The van der Waals surface area contributed by atoms with E-state index in [9.17, 15) is 0 Å². The maximum Gasteiger partial charge on any atom is 0.0186 e. The van der Waals surface area contributed by atoms with Crippen molar-refractivity contribution in [1.82, 2.24) is 14.9 Å². The van der Waals surface area contributed by atoms with Gasteiger partial charge in [-0.3, -0.25) is 4.72 Å². The average Bonchev–Trinajstić information content (AvgIpc) is 3.41. The van der Waals surface area contributed by atoms with Crippen LogP contribution in [-0.2, 0) is 0 Å². The van der Waals surface area contributed by atoms with Crippen LogP contribution in [0.25, 0.3) is 6.08 Å². The van der Waals surface area contributed by atoms with Crippen molar-refractivity contribution in [2.75, 3.05) is 32.4 Å². The Hall–Kier alpha value is -0.810. The molecule has 3 nitrogen and oxygen atoms in total. The zero-order valence-electron chi connectivity index (χ0n) is 15.7. The highest BCUT2D eigenvalue weighted by Gasteiger charge is 2.40. The first-order chi connectivity index (χ1) is 12.3. The summed E-state index contributed by atoms with van der Waals surface area (Å²) < 4.78 is 3.35. The predicted octanol–water partition coefficient (Wildman–Crippen LogP) is 3.79. The minimum Gasteiger partial charge on any atom is -0.311 e. The van der Waals surface area contributed by atoms with E-state index >= 15 is 0 Å². The maximum atomic E-state index is 3.94. The van der Waals surface area contributed by atoms with Crippen LogP contribution < -0.4 is 10.0 Å². The molecule has 1 aliphatic heterocycles. The predicted molar refractivity (Wildman–Crippen MR) is 111 cm³/mol. The van der Waals surface area contributed by atoms with E-state index in [4.69, 9.17) is 0 Å². The molecule has 0 unspecified atom stereocenters. The number of hydrogen-bond acceptors (Lipinski definition) is 4. The summed E-state index contributed by atoms with van der Waals surface area (Å²) in [4.78, 5) is 2.60. The third kappa shape index (κ3) is 5.85. The zero-order valence-corrected chi connectivity index (χ0v) is 16.5. The lowest BCUT2D eigenvalue weighted by atomic mass is 10.0. The summed E-state index contributed by atoms with van der Waals surface area (Å²) in [6, 6.07) is 12.2. The molecule has 0 radical (unpaired) electrons. The molecule has 2 fully saturated rings. The van der Waals surface area contributed by atoms with Gasteiger partial charge in [0.15, 0.2) is 0 Å². The van der Waals surface area contributed by atoms with Crippen LogP contribution in [0.5, 0.6) is 0 Å². The summed E-state index contributed by atoms with van der Waals surface area (Å²) in [5.74, 6) is 0.758. The van der Waals surface area contributed by atoms with Gasteiger partial charge in [-0.25, -0.2) is 0 Å². The van der Waals surface area contributed by atoms with E-state index in [1.807, 2.05) is 0 Å². The fourth-order valence-electron chi connectivity index (χ4n) is 3.96. The van der Waals surface area contributed by atoms with Crippen molar-refractivity contribution < 1.29 is 0 Å². The second-order valence-electron chi connectivity index (χ2n) is 7.31. The van der Waals surface area contributed by atoms with Gasteiger partial charge in [-0.15, -0.1) is 0 Å². The normalized spacial score (nSPS) is 25.3. The molecule has 1 saturated carbocycles. The van der Waals surface area contributed by atoms with E-state index in [2.05, 4.69) is 64.5 Å². The SMILES string of the molecule is CC/C(=C\c1ccccc1)[C@@H]1C[C@H]1NC1CCN(CCNSC)CC1.